The first-order valence-corrected chi connectivity index (χ1v) is 10.3. The Morgan fingerprint density at radius 1 is 1.25 bits per heavy atom. The van der Waals surface area contributed by atoms with Crippen LogP contribution >= 0.6 is 11.3 Å². The van der Waals surface area contributed by atoms with Crippen LogP contribution in [0, 0.1) is 6.92 Å². The summed E-state index contributed by atoms with van der Waals surface area (Å²) in [6.07, 6.45) is 5.04. The molecule has 0 saturated carbocycles. The Balaban J connectivity index is 1.46. The zero-order chi connectivity index (χ0) is 19.7. The van der Waals surface area contributed by atoms with Gasteiger partial charge in [0.25, 0.3) is 5.56 Å². The van der Waals surface area contributed by atoms with E-state index in [1.807, 2.05) is 6.92 Å². The first-order chi connectivity index (χ1) is 13.5. The molecule has 3 aromatic rings. The third-order valence-electron chi connectivity index (χ3n) is 5.16. The molecule has 0 radical (unpaired) electrons. The van der Waals surface area contributed by atoms with Crippen LogP contribution in [0.25, 0.3) is 10.2 Å². The Bertz CT molecular complexity index is 1080. The van der Waals surface area contributed by atoms with Gasteiger partial charge in [-0.2, -0.15) is 0 Å². The molecule has 0 spiro atoms. The number of aromatic nitrogens is 2. The molecular weight excluding hydrogens is 376 g/mol. The molecule has 4 rings (SSSR count). The Labute approximate surface area is 166 Å². The molecule has 1 N–H and O–H groups in total. The molecule has 146 valence electrons. The topological polar surface area (TPSA) is 81.4 Å². The van der Waals surface area contributed by atoms with Crippen LogP contribution < -0.4 is 10.3 Å². The highest BCUT2D eigenvalue weighted by Gasteiger charge is 2.21. The SMILES string of the molecule is Cc1nc2sc3c(c2c(=O)n1CCCOc1ccc(C(=O)O)cc1)CCCC3. The second-order valence-corrected chi connectivity index (χ2v) is 8.12. The standard InChI is InChI=1S/C21H22N2O4S/c1-13-22-19-18(16-5-2-3-6-17(16)28-19)20(24)23(13)11-4-12-27-15-9-7-14(8-10-15)21(25)26/h7-10H,2-6,11-12H2,1H3,(H,25,26). The molecule has 0 atom stereocenters. The molecule has 0 saturated heterocycles. The fourth-order valence-corrected chi connectivity index (χ4v) is 5.01. The minimum atomic E-state index is -0.958. The summed E-state index contributed by atoms with van der Waals surface area (Å²) in [4.78, 5) is 30.9. The predicted octanol–water partition coefficient (Wildman–Crippen LogP) is 3.81. The number of hydrogen-bond donors (Lipinski definition) is 1. The van der Waals surface area contributed by atoms with Crippen molar-refractivity contribution in [3.63, 3.8) is 0 Å². The van der Waals surface area contributed by atoms with Crippen molar-refractivity contribution in [1.29, 1.82) is 0 Å². The van der Waals surface area contributed by atoms with Crippen LogP contribution in [0.1, 0.15) is 45.9 Å². The number of aromatic carboxylic acids is 1. The molecule has 0 fully saturated rings. The fourth-order valence-electron chi connectivity index (χ4n) is 3.71. The molecule has 1 aromatic carbocycles. The van der Waals surface area contributed by atoms with E-state index in [0.29, 0.717) is 25.3 Å². The summed E-state index contributed by atoms with van der Waals surface area (Å²) in [6, 6.07) is 6.33. The van der Waals surface area contributed by atoms with Crippen LogP contribution in [0.3, 0.4) is 0 Å². The third-order valence-corrected chi connectivity index (χ3v) is 6.35. The highest BCUT2D eigenvalue weighted by Crippen LogP contribution is 2.33. The largest absolute Gasteiger partial charge is 0.494 e. The van der Waals surface area contributed by atoms with Crippen LogP contribution in [0.15, 0.2) is 29.1 Å². The zero-order valence-electron chi connectivity index (χ0n) is 15.7. The lowest BCUT2D eigenvalue weighted by molar-refractivity contribution is 0.0697. The number of nitrogens with zero attached hydrogens (tertiary/aromatic N) is 2. The zero-order valence-corrected chi connectivity index (χ0v) is 16.6. The van der Waals surface area contributed by atoms with Gasteiger partial charge in [-0.3, -0.25) is 9.36 Å². The second-order valence-electron chi connectivity index (χ2n) is 7.04. The smallest absolute Gasteiger partial charge is 0.335 e. The number of rotatable bonds is 6. The molecule has 0 amide bonds. The predicted molar refractivity (Wildman–Crippen MR) is 109 cm³/mol. The van der Waals surface area contributed by atoms with Gasteiger partial charge in [0.05, 0.1) is 17.6 Å². The molecule has 1 aliphatic carbocycles. The van der Waals surface area contributed by atoms with Gasteiger partial charge in [0.2, 0.25) is 0 Å². The van der Waals surface area contributed by atoms with Crippen molar-refractivity contribution in [2.75, 3.05) is 6.61 Å². The number of ether oxygens (including phenoxy) is 1. The molecule has 2 aromatic heterocycles. The lowest BCUT2D eigenvalue weighted by Crippen LogP contribution is -2.25. The third kappa shape index (κ3) is 3.54. The van der Waals surface area contributed by atoms with Crippen LogP contribution in [-0.4, -0.2) is 27.2 Å². The molecule has 6 nitrogen and oxygen atoms in total. The molecule has 28 heavy (non-hydrogen) atoms. The molecular formula is C21H22N2O4S. The van der Waals surface area contributed by atoms with Gasteiger partial charge in [0.1, 0.15) is 16.4 Å². The number of benzene rings is 1. The lowest BCUT2D eigenvalue weighted by atomic mass is 9.97. The Morgan fingerprint density at radius 3 is 2.75 bits per heavy atom. The Morgan fingerprint density at radius 2 is 2.00 bits per heavy atom. The minimum absolute atomic E-state index is 0.0627. The number of carboxylic acid groups (broad SMARTS) is 1. The van der Waals surface area contributed by atoms with Gasteiger partial charge in [0, 0.05) is 11.4 Å². The maximum atomic E-state index is 13.1. The van der Waals surface area contributed by atoms with E-state index in [2.05, 4.69) is 4.98 Å². The van der Waals surface area contributed by atoms with Gasteiger partial charge in [-0.15, -0.1) is 11.3 Å². The summed E-state index contributed by atoms with van der Waals surface area (Å²) in [5.74, 6) is 0.399. The average Bonchev–Trinajstić information content (AvgIpc) is 3.05. The van der Waals surface area contributed by atoms with Gasteiger partial charge in [-0.05, 0) is 68.9 Å². The molecule has 2 heterocycles. The first kappa shape index (κ1) is 18.7. The summed E-state index contributed by atoms with van der Waals surface area (Å²) in [6.45, 7) is 2.87. The number of fused-ring (bicyclic) bond motifs is 3. The summed E-state index contributed by atoms with van der Waals surface area (Å²) >= 11 is 1.67. The van der Waals surface area contributed by atoms with Crippen LogP contribution in [0.4, 0.5) is 0 Å². The van der Waals surface area contributed by atoms with Gasteiger partial charge in [-0.25, -0.2) is 9.78 Å². The van der Waals surface area contributed by atoms with E-state index in [0.717, 1.165) is 35.3 Å². The van der Waals surface area contributed by atoms with Crippen molar-refractivity contribution in [2.24, 2.45) is 0 Å². The molecule has 1 aliphatic rings. The number of aryl methyl sites for hydroxylation is 3. The minimum Gasteiger partial charge on any atom is -0.494 e. The second kappa shape index (κ2) is 7.75. The number of carboxylic acids is 1. The van der Waals surface area contributed by atoms with E-state index in [9.17, 15) is 9.59 Å². The van der Waals surface area contributed by atoms with Gasteiger partial charge < -0.3 is 9.84 Å². The van der Waals surface area contributed by atoms with E-state index in [-0.39, 0.29) is 11.1 Å². The highest BCUT2D eigenvalue weighted by molar-refractivity contribution is 7.18. The number of thiophene rings is 1. The molecule has 0 unspecified atom stereocenters. The summed E-state index contributed by atoms with van der Waals surface area (Å²) in [5.41, 5.74) is 1.51. The Kier molecular flexibility index (Phi) is 5.17. The van der Waals surface area contributed by atoms with E-state index in [1.165, 1.54) is 29.0 Å². The van der Waals surface area contributed by atoms with E-state index >= 15 is 0 Å². The van der Waals surface area contributed by atoms with Crippen molar-refractivity contribution >= 4 is 27.5 Å². The highest BCUT2D eigenvalue weighted by atomic mass is 32.1. The van der Waals surface area contributed by atoms with Crippen LogP contribution in [-0.2, 0) is 19.4 Å². The fraction of sp³-hybridized carbons (Fsp3) is 0.381. The lowest BCUT2D eigenvalue weighted by Gasteiger charge is -2.12. The normalized spacial score (nSPS) is 13.5. The monoisotopic (exact) mass is 398 g/mol. The van der Waals surface area contributed by atoms with Gasteiger partial charge >= 0.3 is 5.97 Å². The summed E-state index contributed by atoms with van der Waals surface area (Å²) in [7, 11) is 0. The van der Waals surface area contributed by atoms with Crippen molar-refractivity contribution in [2.45, 2.75) is 45.6 Å². The maximum Gasteiger partial charge on any atom is 0.335 e. The van der Waals surface area contributed by atoms with Gasteiger partial charge in [0.15, 0.2) is 0 Å². The van der Waals surface area contributed by atoms with E-state index < -0.39 is 5.97 Å². The van der Waals surface area contributed by atoms with Crippen molar-refractivity contribution in [3.8, 4) is 5.75 Å². The summed E-state index contributed by atoms with van der Waals surface area (Å²) in [5, 5.41) is 9.74. The van der Waals surface area contributed by atoms with Crippen LogP contribution in [0.2, 0.25) is 0 Å². The molecule has 0 bridgehead atoms. The Hall–Kier alpha value is -2.67. The van der Waals surface area contributed by atoms with Crippen molar-refractivity contribution in [3.05, 3.63) is 56.4 Å². The average molecular weight is 398 g/mol. The first-order valence-electron chi connectivity index (χ1n) is 9.52. The maximum absolute atomic E-state index is 13.1. The van der Waals surface area contributed by atoms with Crippen molar-refractivity contribution in [1.82, 2.24) is 9.55 Å². The van der Waals surface area contributed by atoms with Gasteiger partial charge in [-0.1, -0.05) is 0 Å². The van der Waals surface area contributed by atoms with E-state index in [1.54, 1.807) is 28.0 Å². The quantitative estimate of drug-likeness (QED) is 0.639. The molecule has 7 heteroatoms. The van der Waals surface area contributed by atoms with Crippen LogP contribution in [0.5, 0.6) is 5.75 Å². The van der Waals surface area contributed by atoms with E-state index in [4.69, 9.17) is 9.84 Å². The van der Waals surface area contributed by atoms with Crippen molar-refractivity contribution < 1.29 is 14.6 Å². The molecule has 0 aliphatic heterocycles. The summed E-state index contributed by atoms with van der Waals surface area (Å²) < 4.78 is 7.43. The number of carbonyl (C=O) groups is 1. The number of hydrogen-bond acceptors (Lipinski definition) is 5.